The van der Waals surface area contributed by atoms with Crippen LogP contribution in [0.3, 0.4) is 0 Å². The summed E-state index contributed by atoms with van der Waals surface area (Å²) in [5.41, 5.74) is 6.84. The van der Waals surface area contributed by atoms with Crippen molar-refractivity contribution >= 4 is 27.5 Å². The molecule has 0 aliphatic carbocycles. The molecule has 2 N–H and O–H groups in total. The van der Waals surface area contributed by atoms with Crippen LogP contribution < -0.4 is 10.5 Å². The van der Waals surface area contributed by atoms with E-state index >= 15 is 0 Å². The van der Waals surface area contributed by atoms with Crippen LogP contribution in [-0.2, 0) is 0 Å². The smallest absolute Gasteiger partial charge is 0.253 e. The van der Waals surface area contributed by atoms with Crippen LogP contribution in [0.25, 0.3) is 0 Å². The number of carbonyl (C=O) groups excluding carboxylic acids is 1. The van der Waals surface area contributed by atoms with Gasteiger partial charge in [-0.3, -0.25) is 9.78 Å². The molecule has 2 rings (SSSR count). The number of amides is 1. The second-order valence-corrected chi connectivity index (χ2v) is 5.31. The summed E-state index contributed by atoms with van der Waals surface area (Å²) in [6.07, 6.45) is 3.23. The zero-order valence-electron chi connectivity index (χ0n) is 11.1. The van der Waals surface area contributed by atoms with Crippen molar-refractivity contribution < 1.29 is 9.53 Å². The van der Waals surface area contributed by atoms with Crippen LogP contribution in [0.15, 0.2) is 41.1 Å². The molecule has 0 saturated heterocycles. The minimum absolute atomic E-state index is 0.109. The zero-order chi connectivity index (χ0) is 14.7. The van der Waals surface area contributed by atoms with Gasteiger partial charge in [0.05, 0.1) is 11.9 Å². The fraction of sp³-hybridized carbons (Fsp3) is 0.143. The van der Waals surface area contributed by atoms with Gasteiger partial charge < -0.3 is 15.4 Å². The first kappa shape index (κ1) is 14.3. The average molecular weight is 336 g/mol. The highest BCUT2D eigenvalue weighted by Gasteiger charge is 2.11. The lowest BCUT2D eigenvalue weighted by atomic mass is 10.1. The number of hydrogen-bond donors (Lipinski definition) is 1. The lowest BCUT2D eigenvalue weighted by Gasteiger charge is -2.13. The Labute approximate surface area is 125 Å². The van der Waals surface area contributed by atoms with E-state index in [1.807, 2.05) is 0 Å². The van der Waals surface area contributed by atoms with Gasteiger partial charge in [-0.15, -0.1) is 0 Å². The highest BCUT2D eigenvalue weighted by molar-refractivity contribution is 9.10. The number of rotatable bonds is 3. The summed E-state index contributed by atoms with van der Waals surface area (Å²) < 4.78 is 6.47. The third kappa shape index (κ3) is 3.27. The van der Waals surface area contributed by atoms with Gasteiger partial charge in [0.25, 0.3) is 5.91 Å². The summed E-state index contributed by atoms with van der Waals surface area (Å²) in [4.78, 5) is 17.4. The number of nitrogen functional groups attached to an aromatic ring is 1. The van der Waals surface area contributed by atoms with Crippen molar-refractivity contribution in [1.29, 1.82) is 0 Å². The van der Waals surface area contributed by atoms with Gasteiger partial charge in [0.15, 0.2) is 5.75 Å². The lowest BCUT2D eigenvalue weighted by molar-refractivity contribution is 0.0827. The van der Waals surface area contributed by atoms with Crippen molar-refractivity contribution in [1.82, 2.24) is 9.88 Å². The molecule has 0 radical (unpaired) electrons. The molecule has 0 fully saturated rings. The molecular formula is C14H14BrN3O2. The van der Waals surface area contributed by atoms with Crippen LogP contribution in [0.5, 0.6) is 11.5 Å². The van der Waals surface area contributed by atoms with Crippen LogP contribution in [0.4, 0.5) is 5.69 Å². The Morgan fingerprint density at radius 1 is 1.30 bits per heavy atom. The number of carbonyl (C=O) groups is 1. The molecule has 0 aliphatic heterocycles. The molecule has 20 heavy (non-hydrogen) atoms. The molecule has 0 aliphatic rings. The molecule has 1 heterocycles. The second-order valence-electron chi connectivity index (χ2n) is 4.39. The molecule has 6 heteroatoms. The van der Waals surface area contributed by atoms with Crippen LogP contribution in [-0.4, -0.2) is 29.9 Å². The van der Waals surface area contributed by atoms with Crippen molar-refractivity contribution in [3.63, 3.8) is 0 Å². The number of pyridine rings is 1. The summed E-state index contributed by atoms with van der Waals surface area (Å²) in [5, 5.41) is 0. The molecule has 0 bridgehead atoms. The van der Waals surface area contributed by atoms with Gasteiger partial charge in [0.1, 0.15) is 5.75 Å². The molecule has 0 atom stereocenters. The molecule has 104 valence electrons. The molecule has 0 spiro atoms. The maximum Gasteiger partial charge on any atom is 0.253 e. The lowest BCUT2D eigenvalue weighted by Crippen LogP contribution is -2.21. The summed E-state index contributed by atoms with van der Waals surface area (Å²) >= 11 is 3.32. The fourth-order valence-corrected chi connectivity index (χ4v) is 1.93. The Bertz CT molecular complexity index is 644. The molecule has 5 nitrogen and oxygen atoms in total. The largest absolute Gasteiger partial charge is 0.454 e. The quantitative estimate of drug-likeness (QED) is 0.875. The first-order valence-electron chi connectivity index (χ1n) is 5.87. The van der Waals surface area contributed by atoms with Crippen molar-refractivity contribution in [2.24, 2.45) is 0 Å². The van der Waals surface area contributed by atoms with Gasteiger partial charge in [-0.1, -0.05) is 0 Å². The Morgan fingerprint density at radius 3 is 2.70 bits per heavy atom. The number of aromatic nitrogens is 1. The van der Waals surface area contributed by atoms with E-state index in [0.29, 0.717) is 22.7 Å². The first-order valence-corrected chi connectivity index (χ1v) is 6.66. The van der Waals surface area contributed by atoms with E-state index in [1.165, 1.54) is 4.90 Å². The minimum Gasteiger partial charge on any atom is -0.454 e. The molecule has 1 aromatic carbocycles. The van der Waals surface area contributed by atoms with Crippen molar-refractivity contribution in [3.8, 4) is 11.5 Å². The third-order valence-electron chi connectivity index (χ3n) is 2.57. The van der Waals surface area contributed by atoms with E-state index < -0.39 is 0 Å². The predicted molar refractivity (Wildman–Crippen MR) is 80.9 cm³/mol. The van der Waals surface area contributed by atoms with Gasteiger partial charge in [-0.05, 0) is 40.2 Å². The van der Waals surface area contributed by atoms with Crippen LogP contribution in [0.1, 0.15) is 10.4 Å². The van der Waals surface area contributed by atoms with Crippen molar-refractivity contribution in [2.75, 3.05) is 19.8 Å². The summed E-state index contributed by atoms with van der Waals surface area (Å²) in [7, 11) is 3.38. The van der Waals surface area contributed by atoms with Crippen LogP contribution in [0, 0.1) is 0 Å². The van der Waals surface area contributed by atoms with E-state index in [0.717, 1.165) is 4.47 Å². The molecule has 1 aromatic heterocycles. The van der Waals surface area contributed by atoms with Gasteiger partial charge in [0, 0.05) is 30.3 Å². The maximum absolute atomic E-state index is 11.9. The maximum atomic E-state index is 11.9. The first-order chi connectivity index (χ1) is 9.47. The van der Waals surface area contributed by atoms with Crippen LogP contribution in [0.2, 0.25) is 0 Å². The van der Waals surface area contributed by atoms with E-state index in [4.69, 9.17) is 10.5 Å². The highest BCUT2D eigenvalue weighted by atomic mass is 79.9. The highest BCUT2D eigenvalue weighted by Crippen LogP contribution is 2.29. The van der Waals surface area contributed by atoms with Crippen molar-refractivity contribution in [3.05, 3.63) is 46.7 Å². The van der Waals surface area contributed by atoms with Crippen molar-refractivity contribution in [2.45, 2.75) is 0 Å². The standard InChI is InChI=1S/C14H14BrN3O2/c1-18(2)14(19)9-3-4-12(16)13(5-9)20-11-6-10(15)7-17-8-11/h3-8H,16H2,1-2H3. The number of halogens is 1. The van der Waals surface area contributed by atoms with E-state index in [-0.39, 0.29) is 5.91 Å². The number of anilines is 1. The number of nitrogens with zero attached hydrogens (tertiary/aromatic N) is 2. The number of nitrogens with two attached hydrogens (primary N) is 1. The summed E-state index contributed by atoms with van der Waals surface area (Å²) in [5.74, 6) is 0.861. The van der Waals surface area contributed by atoms with E-state index in [1.54, 1.807) is 50.8 Å². The molecule has 0 unspecified atom stereocenters. The molecule has 0 saturated carbocycles. The van der Waals surface area contributed by atoms with Gasteiger partial charge in [-0.2, -0.15) is 0 Å². The van der Waals surface area contributed by atoms with Gasteiger partial charge >= 0.3 is 0 Å². The average Bonchev–Trinajstić information content (AvgIpc) is 2.40. The Morgan fingerprint density at radius 2 is 2.05 bits per heavy atom. The Balaban J connectivity index is 2.32. The van der Waals surface area contributed by atoms with Crippen LogP contribution >= 0.6 is 15.9 Å². The summed E-state index contributed by atoms with van der Waals surface area (Å²) in [6.45, 7) is 0. The van der Waals surface area contributed by atoms with Gasteiger partial charge in [0.2, 0.25) is 0 Å². The Kier molecular flexibility index (Phi) is 4.24. The monoisotopic (exact) mass is 335 g/mol. The summed E-state index contributed by atoms with van der Waals surface area (Å²) in [6, 6.07) is 6.71. The van der Waals surface area contributed by atoms with E-state index in [2.05, 4.69) is 20.9 Å². The fourth-order valence-electron chi connectivity index (χ4n) is 1.59. The second kappa shape index (κ2) is 5.92. The Hall–Kier alpha value is -2.08. The van der Waals surface area contributed by atoms with E-state index in [9.17, 15) is 4.79 Å². The number of ether oxygens (including phenoxy) is 1. The predicted octanol–water partition coefficient (Wildman–Crippen LogP) is 2.92. The topological polar surface area (TPSA) is 68.5 Å². The van der Waals surface area contributed by atoms with Gasteiger partial charge in [-0.25, -0.2) is 0 Å². The number of benzene rings is 1. The number of hydrogen-bond acceptors (Lipinski definition) is 4. The SMILES string of the molecule is CN(C)C(=O)c1ccc(N)c(Oc2cncc(Br)c2)c1. The minimum atomic E-state index is -0.109. The molecule has 1 amide bonds. The zero-order valence-corrected chi connectivity index (χ0v) is 12.7. The third-order valence-corrected chi connectivity index (χ3v) is 3.01. The normalized spacial score (nSPS) is 10.2. The molecule has 2 aromatic rings. The molecular weight excluding hydrogens is 322 g/mol.